The second kappa shape index (κ2) is 4.82. The molecule has 0 saturated carbocycles. The van der Waals surface area contributed by atoms with Crippen molar-refractivity contribution < 1.29 is 9.84 Å². The van der Waals surface area contributed by atoms with Gasteiger partial charge in [-0.15, -0.1) is 0 Å². The van der Waals surface area contributed by atoms with E-state index in [9.17, 15) is 5.11 Å². The van der Waals surface area contributed by atoms with Gasteiger partial charge in [0.25, 0.3) is 0 Å². The van der Waals surface area contributed by atoms with Crippen molar-refractivity contribution in [3.05, 3.63) is 72.8 Å². The van der Waals surface area contributed by atoms with Crippen molar-refractivity contribution in [2.45, 2.75) is 14.7 Å². The molecule has 0 bridgehead atoms. The summed E-state index contributed by atoms with van der Waals surface area (Å²) in [5.74, 6) is 2.14. The van der Waals surface area contributed by atoms with Gasteiger partial charge in [-0.1, -0.05) is 24.3 Å². The first-order valence-electron chi connectivity index (χ1n) is 7.13. The smallest absolute Gasteiger partial charge is 0.140 e. The van der Waals surface area contributed by atoms with Crippen LogP contribution in [0.4, 0.5) is 0 Å². The summed E-state index contributed by atoms with van der Waals surface area (Å²) < 4.78 is 6.09. The van der Waals surface area contributed by atoms with Gasteiger partial charge in [0.1, 0.15) is 17.2 Å². The van der Waals surface area contributed by atoms with E-state index in [0.29, 0.717) is 5.75 Å². The van der Waals surface area contributed by atoms with E-state index in [2.05, 4.69) is 30.5 Å². The summed E-state index contributed by atoms with van der Waals surface area (Å²) >= 11 is 0. The van der Waals surface area contributed by atoms with Gasteiger partial charge in [0.15, 0.2) is 0 Å². The molecule has 0 saturated heterocycles. The second-order valence-corrected chi connectivity index (χ2v) is 8.60. The van der Waals surface area contributed by atoms with E-state index >= 15 is 0 Å². The standard InChI is InChI=1S/C19H16O2S/c1-22(15-12-10-14(20)11-13-15)18-8-4-2-6-16(18)21-17-7-3-5-9-19(17)22/h2-13,20H,1H3. The molecule has 3 aromatic carbocycles. The molecule has 0 aromatic heterocycles. The summed E-state index contributed by atoms with van der Waals surface area (Å²) in [7, 11) is -1.39. The number of phenols is 1. The number of rotatable bonds is 1. The zero-order valence-corrected chi connectivity index (χ0v) is 13.0. The summed E-state index contributed by atoms with van der Waals surface area (Å²) in [6, 6.07) is 24.0. The highest BCUT2D eigenvalue weighted by Crippen LogP contribution is 2.72. The summed E-state index contributed by atoms with van der Waals surface area (Å²) in [5.41, 5.74) is 0. The van der Waals surface area contributed by atoms with Gasteiger partial charge in [-0.2, -0.15) is 10.0 Å². The highest BCUT2D eigenvalue weighted by atomic mass is 32.3. The molecule has 4 rings (SSSR count). The third-order valence-electron chi connectivity index (χ3n) is 4.11. The van der Waals surface area contributed by atoms with Crippen LogP contribution >= 0.6 is 10.0 Å². The molecular formula is C19H16O2S. The summed E-state index contributed by atoms with van der Waals surface area (Å²) in [5, 5.41) is 9.61. The Bertz CT molecular complexity index is 795. The lowest BCUT2D eigenvalue weighted by Crippen LogP contribution is -2.09. The Hall–Kier alpha value is -2.39. The van der Waals surface area contributed by atoms with Crippen LogP contribution in [0.5, 0.6) is 17.2 Å². The molecule has 1 aliphatic heterocycles. The fourth-order valence-corrected chi connectivity index (χ4v) is 6.10. The SMILES string of the molecule is CS1(c2ccc(O)cc2)c2ccccc2Oc2ccccc21. The van der Waals surface area contributed by atoms with E-state index in [1.165, 1.54) is 14.7 Å². The zero-order valence-electron chi connectivity index (χ0n) is 12.2. The first-order valence-corrected chi connectivity index (χ1v) is 9.17. The third-order valence-corrected chi connectivity index (χ3v) is 7.75. The van der Waals surface area contributed by atoms with Crippen LogP contribution in [-0.2, 0) is 0 Å². The summed E-state index contributed by atoms with van der Waals surface area (Å²) in [6.45, 7) is 0. The molecule has 0 atom stereocenters. The van der Waals surface area contributed by atoms with Gasteiger partial charge in [0.2, 0.25) is 0 Å². The predicted molar refractivity (Wildman–Crippen MR) is 89.4 cm³/mol. The number of benzene rings is 3. The number of aromatic hydroxyl groups is 1. The van der Waals surface area contributed by atoms with Crippen LogP contribution in [0, 0.1) is 0 Å². The number of fused-ring (bicyclic) bond motifs is 2. The Balaban J connectivity index is 2.03. The van der Waals surface area contributed by atoms with E-state index in [0.717, 1.165) is 11.5 Å². The molecule has 3 heteroatoms. The molecule has 3 aromatic rings. The topological polar surface area (TPSA) is 29.5 Å². The average molecular weight is 308 g/mol. The molecule has 110 valence electrons. The molecule has 0 unspecified atom stereocenters. The van der Waals surface area contributed by atoms with Crippen molar-refractivity contribution in [3.63, 3.8) is 0 Å². The fourth-order valence-electron chi connectivity index (χ4n) is 2.95. The summed E-state index contributed by atoms with van der Waals surface area (Å²) in [4.78, 5) is 3.66. The van der Waals surface area contributed by atoms with Gasteiger partial charge in [0.05, 0.1) is 0 Å². The van der Waals surface area contributed by atoms with Crippen molar-refractivity contribution >= 4 is 10.0 Å². The minimum absolute atomic E-state index is 0.292. The van der Waals surface area contributed by atoms with Crippen LogP contribution in [-0.4, -0.2) is 11.4 Å². The third kappa shape index (κ3) is 1.82. The van der Waals surface area contributed by atoms with Gasteiger partial charge in [-0.05, 0) is 59.7 Å². The van der Waals surface area contributed by atoms with Crippen molar-refractivity contribution in [1.29, 1.82) is 0 Å². The Labute approximate surface area is 131 Å². The summed E-state index contributed by atoms with van der Waals surface area (Å²) in [6.07, 6.45) is 2.29. The van der Waals surface area contributed by atoms with Crippen LogP contribution in [0.15, 0.2) is 87.5 Å². The molecule has 0 fully saturated rings. The van der Waals surface area contributed by atoms with Crippen LogP contribution in [0.25, 0.3) is 0 Å². The average Bonchev–Trinajstić information content (AvgIpc) is 2.56. The van der Waals surface area contributed by atoms with E-state index < -0.39 is 10.0 Å². The van der Waals surface area contributed by atoms with Gasteiger partial charge in [0, 0.05) is 9.79 Å². The molecule has 1 N–H and O–H groups in total. The fraction of sp³-hybridized carbons (Fsp3) is 0.0526. The lowest BCUT2D eigenvalue weighted by molar-refractivity contribution is 0.452. The van der Waals surface area contributed by atoms with Crippen molar-refractivity contribution in [3.8, 4) is 17.2 Å². The normalized spacial score (nSPS) is 16.0. The van der Waals surface area contributed by atoms with Gasteiger partial charge in [-0.3, -0.25) is 0 Å². The van der Waals surface area contributed by atoms with Gasteiger partial charge < -0.3 is 9.84 Å². The first-order chi connectivity index (χ1) is 10.7. The maximum Gasteiger partial charge on any atom is 0.140 e. The molecule has 22 heavy (non-hydrogen) atoms. The highest BCUT2D eigenvalue weighted by molar-refractivity contribution is 8.33. The minimum Gasteiger partial charge on any atom is -0.508 e. The Kier molecular flexibility index (Phi) is 2.91. The molecule has 0 amide bonds. The molecule has 2 nitrogen and oxygen atoms in total. The van der Waals surface area contributed by atoms with Crippen LogP contribution in [0.2, 0.25) is 0 Å². The number of ether oxygens (including phenoxy) is 1. The zero-order chi connectivity index (χ0) is 15.2. The Morgan fingerprint density at radius 2 is 1.23 bits per heavy atom. The van der Waals surface area contributed by atoms with E-state index in [1.807, 2.05) is 36.4 Å². The van der Waals surface area contributed by atoms with Crippen LogP contribution in [0.3, 0.4) is 0 Å². The van der Waals surface area contributed by atoms with Gasteiger partial charge >= 0.3 is 0 Å². The second-order valence-electron chi connectivity index (χ2n) is 5.41. The van der Waals surface area contributed by atoms with Crippen LogP contribution < -0.4 is 4.74 Å². The molecule has 1 heterocycles. The maximum absolute atomic E-state index is 9.61. The molecule has 0 spiro atoms. The first kappa shape index (κ1) is 13.3. The van der Waals surface area contributed by atoms with E-state index in [4.69, 9.17) is 4.74 Å². The Morgan fingerprint density at radius 3 is 1.77 bits per heavy atom. The monoisotopic (exact) mass is 308 g/mol. The molecule has 0 aliphatic carbocycles. The molecular weight excluding hydrogens is 292 g/mol. The quantitative estimate of drug-likeness (QED) is 0.651. The van der Waals surface area contributed by atoms with E-state index in [1.54, 1.807) is 12.1 Å². The van der Waals surface area contributed by atoms with Crippen LogP contribution in [0.1, 0.15) is 0 Å². The van der Waals surface area contributed by atoms with Gasteiger partial charge in [-0.25, -0.2) is 0 Å². The minimum atomic E-state index is -1.39. The molecule has 0 radical (unpaired) electrons. The van der Waals surface area contributed by atoms with Crippen molar-refractivity contribution in [2.24, 2.45) is 0 Å². The molecule has 1 aliphatic rings. The number of para-hydroxylation sites is 2. The van der Waals surface area contributed by atoms with E-state index in [-0.39, 0.29) is 0 Å². The lowest BCUT2D eigenvalue weighted by Gasteiger charge is -2.42. The number of phenolic OH excluding ortho intramolecular Hbond substituents is 1. The van der Waals surface area contributed by atoms with Crippen molar-refractivity contribution in [1.82, 2.24) is 0 Å². The highest BCUT2D eigenvalue weighted by Gasteiger charge is 2.35. The Morgan fingerprint density at radius 1 is 0.727 bits per heavy atom. The predicted octanol–water partition coefficient (Wildman–Crippen LogP) is 5.41. The maximum atomic E-state index is 9.61. The lowest BCUT2D eigenvalue weighted by atomic mass is 10.3. The van der Waals surface area contributed by atoms with Crippen molar-refractivity contribution in [2.75, 3.05) is 6.26 Å². The number of hydrogen-bond acceptors (Lipinski definition) is 2. The largest absolute Gasteiger partial charge is 0.508 e. The number of hydrogen-bond donors (Lipinski definition) is 1.